The standard InChI is InChI=1S/C12H23N3O2/c1-5-7-8-9(13)10-14-11(15-17-10)12(3,6-2)16-4/h9H,5-8,13H2,1-4H3. The molecule has 5 nitrogen and oxygen atoms in total. The summed E-state index contributed by atoms with van der Waals surface area (Å²) in [7, 11) is 1.65. The SMILES string of the molecule is CCCCC(N)c1nc(C(C)(CC)OC)no1. The highest BCUT2D eigenvalue weighted by Gasteiger charge is 2.30. The van der Waals surface area contributed by atoms with Crippen molar-refractivity contribution < 1.29 is 9.26 Å². The van der Waals surface area contributed by atoms with Gasteiger partial charge in [-0.1, -0.05) is 31.8 Å². The van der Waals surface area contributed by atoms with Gasteiger partial charge in [-0.2, -0.15) is 4.98 Å². The lowest BCUT2D eigenvalue weighted by molar-refractivity contribution is -0.0106. The van der Waals surface area contributed by atoms with Gasteiger partial charge < -0.3 is 15.0 Å². The molecule has 2 atom stereocenters. The number of aromatic nitrogens is 2. The van der Waals surface area contributed by atoms with E-state index in [4.69, 9.17) is 15.0 Å². The predicted molar refractivity (Wildman–Crippen MR) is 65.4 cm³/mol. The number of hydrogen-bond donors (Lipinski definition) is 1. The van der Waals surface area contributed by atoms with Crippen molar-refractivity contribution in [3.05, 3.63) is 11.7 Å². The summed E-state index contributed by atoms with van der Waals surface area (Å²) in [6, 6.07) is -0.172. The third kappa shape index (κ3) is 3.26. The van der Waals surface area contributed by atoms with Crippen LogP contribution >= 0.6 is 0 Å². The Balaban J connectivity index is 2.77. The summed E-state index contributed by atoms with van der Waals surface area (Å²) >= 11 is 0. The Kier molecular flexibility index (Phi) is 5.08. The van der Waals surface area contributed by atoms with Gasteiger partial charge in [0, 0.05) is 7.11 Å². The molecule has 2 unspecified atom stereocenters. The molecular formula is C12H23N3O2. The van der Waals surface area contributed by atoms with Gasteiger partial charge in [-0.15, -0.1) is 0 Å². The van der Waals surface area contributed by atoms with Crippen LogP contribution in [0.1, 0.15) is 64.2 Å². The number of nitrogens with zero attached hydrogens (tertiary/aromatic N) is 2. The van der Waals surface area contributed by atoms with E-state index in [1.165, 1.54) is 0 Å². The molecular weight excluding hydrogens is 218 g/mol. The molecule has 0 saturated carbocycles. The molecule has 98 valence electrons. The number of hydrogen-bond acceptors (Lipinski definition) is 5. The van der Waals surface area contributed by atoms with Crippen molar-refractivity contribution in [1.82, 2.24) is 10.1 Å². The Labute approximate surface area is 103 Å². The quantitative estimate of drug-likeness (QED) is 0.794. The summed E-state index contributed by atoms with van der Waals surface area (Å²) in [6.07, 6.45) is 3.83. The maximum absolute atomic E-state index is 5.98. The van der Waals surface area contributed by atoms with Crippen molar-refractivity contribution in [3.8, 4) is 0 Å². The molecule has 0 saturated heterocycles. The van der Waals surface area contributed by atoms with Crippen LogP contribution in [0, 0.1) is 0 Å². The summed E-state index contributed by atoms with van der Waals surface area (Å²) in [4.78, 5) is 4.35. The monoisotopic (exact) mass is 241 g/mol. The number of methoxy groups -OCH3 is 1. The van der Waals surface area contributed by atoms with Gasteiger partial charge in [0.2, 0.25) is 11.7 Å². The minimum atomic E-state index is -0.494. The average molecular weight is 241 g/mol. The topological polar surface area (TPSA) is 74.2 Å². The Morgan fingerprint density at radius 1 is 1.47 bits per heavy atom. The van der Waals surface area contributed by atoms with Gasteiger partial charge in [0.25, 0.3) is 0 Å². The number of ether oxygens (including phenoxy) is 1. The molecule has 0 fully saturated rings. The van der Waals surface area contributed by atoms with Crippen molar-refractivity contribution in [2.24, 2.45) is 5.73 Å². The van der Waals surface area contributed by atoms with Crippen LogP contribution in [0.15, 0.2) is 4.52 Å². The zero-order chi connectivity index (χ0) is 12.9. The first-order chi connectivity index (χ1) is 8.07. The van der Waals surface area contributed by atoms with Gasteiger partial charge in [-0.05, 0) is 19.8 Å². The van der Waals surface area contributed by atoms with Crippen LogP contribution in [-0.4, -0.2) is 17.3 Å². The molecule has 0 aliphatic heterocycles. The number of nitrogens with two attached hydrogens (primary N) is 1. The van der Waals surface area contributed by atoms with Gasteiger partial charge in [0.05, 0.1) is 6.04 Å². The van der Waals surface area contributed by atoms with Crippen molar-refractivity contribution in [2.75, 3.05) is 7.11 Å². The van der Waals surface area contributed by atoms with Gasteiger partial charge in [0.1, 0.15) is 5.60 Å². The molecule has 0 aromatic carbocycles. The first kappa shape index (κ1) is 14.1. The second kappa shape index (κ2) is 6.12. The molecule has 0 amide bonds. The Bertz CT molecular complexity index is 334. The predicted octanol–water partition coefficient (Wildman–Crippen LogP) is 2.53. The van der Waals surface area contributed by atoms with Crippen LogP contribution in [0.3, 0.4) is 0 Å². The van der Waals surface area contributed by atoms with Crippen LogP contribution in [0.25, 0.3) is 0 Å². The summed E-state index contributed by atoms with van der Waals surface area (Å²) in [5.74, 6) is 1.08. The van der Waals surface area contributed by atoms with E-state index >= 15 is 0 Å². The minimum Gasteiger partial charge on any atom is -0.370 e. The molecule has 0 radical (unpaired) electrons. The zero-order valence-corrected chi connectivity index (χ0v) is 11.2. The molecule has 17 heavy (non-hydrogen) atoms. The molecule has 2 N–H and O–H groups in total. The molecule has 0 bridgehead atoms. The second-order valence-corrected chi connectivity index (χ2v) is 4.49. The first-order valence-corrected chi connectivity index (χ1v) is 6.22. The largest absolute Gasteiger partial charge is 0.370 e. The third-order valence-electron chi connectivity index (χ3n) is 3.23. The highest BCUT2D eigenvalue weighted by molar-refractivity contribution is 5.01. The molecule has 0 spiro atoms. The van der Waals surface area contributed by atoms with Crippen molar-refractivity contribution >= 4 is 0 Å². The van der Waals surface area contributed by atoms with E-state index in [-0.39, 0.29) is 6.04 Å². The van der Waals surface area contributed by atoms with E-state index in [1.807, 2.05) is 13.8 Å². The Morgan fingerprint density at radius 2 is 2.18 bits per heavy atom. The van der Waals surface area contributed by atoms with Crippen LogP contribution in [0.4, 0.5) is 0 Å². The lowest BCUT2D eigenvalue weighted by Gasteiger charge is -2.21. The van der Waals surface area contributed by atoms with Crippen molar-refractivity contribution in [3.63, 3.8) is 0 Å². The summed E-state index contributed by atoms with van der Waals surface area (Å²) in [6.45, 7) is 6.10. The minimum absolute atomic E-state index is 0.172. The normalized spacial score (nSPS) is 16.8. The van der Waals surface area contributed by atoms with E-state index in [9.17, 15) is 0 Å². The van der Waals surface area contributed by atoms with Gasteiger partial charge in [0.15, 0.2) is 0 Å². The maximum Gasteiger partial charge on any atom is 0.243 e. The molecule has 5 heteroatoms. The molecule has 0 aliphatic carbocycles. The zero-order valence-electron chi connectivity index (χ0n) is 11.2. The summed E-state index contributed by atoms with van der Waals surface area (Å²) < 4.78 is 10.6. The highest BCUT2D eigenvalue weighted by atomic mass is 16.5. The van der Waals surface area contributed by atoms with Crippen LogP contribution in [-0.2, 0) is 10.3 Å². The third-order valence-corrected chi connectivity index (χ3v) is 3.23. The smallest absolute Gasteiger partial charge is 0.243 e. The first-order valence-electron chi connectivity index (χ1n) is 6.22. The van der Waals surface area contributed by atoms with E-state index in [0.29, 0.717) is 11.7 Å². The van der Waals surface area contributed by atoms with E-state index < -0.39 is 5.60 Å². The summed E-state index contributed by atoms with van der Waals surface area (Å²) in [5, 5.41) is 3.97. The molecule has 1 aromatic rings. The van der Waals surface area contributed by atoms with Crippen LogP contribution < -0.4 is 5.73 Å². The Morgan fingerprint density at radius 3 is 2.71 bits per heavy atom. The molecule has 1 heterocycles. The summed E-state index contributed by atoms with van der Waals surface area (Å²) in [5.41, 5.74) is 5.49. The maximum atomic E-state index is 5.98. The number of rotatable bonds is 7. The van der Waals surface area contributed by atoms with E-state index in [1.54, 1.807) is 7.11 Å². The lowest BCUT2D eigenvalue weighted by atomic mass is 10.0. The van der Waals surface area contributed by atoms with Gasteiger partial charge in [-0.25, -0.2) is 0 Å². The second-order valence-electron chi connectivity index (χ2n) is 4.49. The van der Waals surface area contributed by atoms with Crippen LogP contribution in [0.5, 0.6) is 0 Å². The lowest BCUT2D eigenvalue weighted by Crippen LogP contribution is -2.25. The molecule has 1 aromatic heterocycles. The molecule has 1 rings (SSSR count). The van der Waals surface area contributed by atoms with Gasteiger partial charge >= 0.3 is 0 Å². The van der Waals surface area contributed by atoms with E-state index in [2.05, 4.69) is 17.1 Å². The van der Waals surface area contributed by atoms with Crippen molar-refractivity contribution in [1.29, 1.82) is 0 Å². The van der Waals surface area contributed by atoms with Gasteiger partial charge in [-0.3, -0.25) is 0 Å². The van der Waals surface area contributed by atoms with Crippen molar-refractivity contribution in [2.45, 2.75) is 58.1 Å². The van der Waals surface area contributed by atoms with E-state index in [0.717, 1.165) is 25.7 Å². The fourth-order valence-corrected chi connectivity index (χ4v) is 1.54. The Hall–Kier alpha value is -0.940. The average Bonchev–Trinajstić information content (AvgIpc) is 2.85. The number of unbranched alkanes of at least 4 members (excludes halogenated alkanes) is 1. The molecule has 0 aliphatic rings. The van der Waals surface area contributed by atoms with Crippen LogP contribution in [0.2, 0.25) is 0 Å². The fourth-order valence-electron chi connectivity index (χ4n) is 1.54. The fraction of sp³-hybridized carbons (Fsp3) is 0.833. The highest BCUT2D eigenvalue weighted by Crippen LogP contribution is 2.26.